The lowest BCUT2D eigenvalue weighted by atomic mass is 10.1. The standard InChI is InChI=1S/C15H18N2O4S/c1-4-21-13(18)8-12-14(17-15(16)22-12)10-6-5-9(19-2)7-11(10)20-3/h5-7H,4,8H2,1-3H3,(H2,16,17). The molecule has 1 aromatic heterocycles. The monoisotopic (exact) mass is 322 g/mol. The van der Waals surface area contributed by atoms with Gasteiger partial charge in [0.15, 0.2) is 5.13 Å². The van der Waals surface area contributed by atoms with Crippen LogP contribution in [-0.4, -0.2) is 31.8 Å². The molecule has 1 aromatic carbocycles. The largest absolute Gasteiger partial charge is 0.497 e. The van der Waals surface area contributed by atoms with Crippen LogP contribution in [0.3, 0.4) is 0 Å². The predicted molar refractivity (Wildman–Crippen MR) is 85.4 cm³/mol. The highest BCUT2D eigenvalue weighted by Gasteiger charge is 2.19. The first-order valence-corrected chi connectivity index (χ1v) is 7.53. The first-order chi connectivity index (χ1) is 10.6. The molecule has 0 saturated carbocycles. The van der Waals surface area contributed by atoms with E-state index < -0.39 is 0 Å². The van der Waals surface area contributed by atoms with Crippen LogP contribution in [0.25, 0.3) is 11.3 Å². The van der Waals surface area contributed by atoms with Crippen molar-refractivity contribution in [2.75, 3.05) is 26.6 Å². The Hall–Kier alpha value is -2.28. The number of rotatable bonds is 6. The topological polar surface area (TPSA) is 83.7 Å². The van der Waals surface area contributed by atoms with Gasteiger partial charge in [-0.3, -0.25) is 4.79 Å². The van der Waals surface area contributed by atoms with Gasteiger partial charge in [0.05, 0.1) is 32.9 Å². The van der Waals surface area contributed by atoms with Gasteiger partial charge in [0.25, 0.3) is 0 Å². The van der Waals surface area contributed by atoms with Crippen molar-refractivity contribution in [3.05, 3.63) is 23.1 Å². The van der Waals surface area contributed by atoms with Crippen molar-refractivity contribution in [1.29, 1.82) is 0 Å². The number of thiazole rings is 1. The molecule has 118 valence electrons. The van der Waals surface area contributed by atoms with E-state index in [0.29, 0.717) is 28.9 Å². The molecule has 0 atom stereocenters. The Kier molecular flexibility index (Phi) is 5.21. The van der Waals surface area contributed by atoms with E-state index in [-0.39, 0.29) is 12.4 Å². The molecular formula is C15H18N2O4S. The fourth-order valence-corrected chi connectivity index (χ4v) is 2.87. The van der Waals surface area contributed by atoms with Gasteiger partial charge in [0.2, 0.25) is 0 Å². The van der Waals surface area contributed by atoms with Crippen molar-refractivity contribution in [1.82, 2.24) is 4.98 Å². The van der Waals surface area contributed by atoms with Crippen LogP contribution >= 0.6 is 11.3 Å². The van der Waals surface area contributed by atoms with Crippen LogP contribution < -0.4 is 15.2 Å². The number of esters is 1. The average Bonchev–Trinajstić information content (AvgIpc) is 2.87. The molecule has 1 heterocycles. The van der Waals surface area contributed by atoms with Crippen molar-refractivity contribution in [3.8, 4) is 22.8 Å². The van der Waals surface area contributed by atoms with Crippen LogP contribution in [0.15, 0.2) is 18.2 Å². The number of methoxy groups -OCH3 is 2. The molecule has 0 aliphatic heterocycles. The Morgan fingerprint density at radius 3 is 2.73 bits per heavy atom. The summed E-state index contributed by atoms with van der Waals surface area (Å²) in [6.45, 7) is 2.11. The van der Waals surface area contributed by atoms with Crippen molar-refractivity contribution in [3.63, 3.8) is 0 Å². The van der Waals surface area contributed by atoms with Gasteiger partial charge in [-0.05, 0) is 19.1 Å². The van der Waals surface area contributed by atoms with Gasteiger partial charge in [0.1, 0.15) is 11.5 Å². The molecule has 0 aliphatic carbocycles. The Labute approximate surface area is 132 Å². The van der Waals surface area contributed by atoms with Crippen molar-refractivity contribution in [2.24, 2.45) is 0 Å². The van der Waals surface area contributed by atoms with Crippen LogP contribution in [0.5, 0.6) is 11.5 Å². The number of carbonyl (C=O) groups is 1. The zero-order valence-corrected chi connectivity index (χ0v) is 13.5. The van der Waals surface area contributed by atoms with E-state index in [1.54, 1.807) is 27.2 Å². The molecule has 0 unspecified atom stereocenters. The Balaban J connectivity index is 2.42. The minimum absolute atomic E-state index is 0.132. The van der Waals surface area contributed by atoms with Crippen LogP contribution in [0, 0.1) is 0 Å². The second-order valence-electron chi connectivity index (χ2n) is 4.37. The molecule has 0 bridgehead atoms. The first-order valence-electron chi connectivity index (χ1n) is 6.72. The van der Waals surface area contributed by atoms with Crippen LogP contribution in [0.4, 0.5) is 5.13 Å². The smallest absolute Gasteiger partial charge is 0.311 e. The summed E-state index contributed by atoms with van der Waals surface area (Å²) in [4.78, 5) is 16.8. The minimum Gasteiger partial charge on any atom is -0.497 e. The maximum Gasteiger partial charge on any atom is 0.311 e. The third-order valence-corrected chi connectivity index (χ3v) is 3.87. The second kappa shape index (κ2) is 7.13. The van der Waals surface area contributed by atoms with E-state index in [0.717, 1.165) is 10.4 Å². The average molecular weight is 322 g/mol. The molecule has 2 rings (SSSR count). The number of nitrogens with two attached hydrogens (primary N) is 1. The zero-order chi connectivity index (χ0) is 16.1. The Bertz CT molecular complexity index is 670. The number of anilines is 1. The Morgan fingerprint density at radius 2 is 2.09 bits per heavy atom. The molecule has 0 amide bonds. The molecule has 2 aromatic rings. The number of carbonyl (C=O) groups excluding carboxylic acids is 1. The van der Waals surface area contributed by atoms with Crippen molar-refractivity contribution in [2.45, 2.75) is 13.3 Å². The minimum atomic E-state index is -0.306. The lowest BCUT2D eigenvalue weighted by molar-refractivity contribution is -0.142. The van der Waals surface area contributed by atoms with Gasteiger partial charge in [0, 0.05) is 16.5 Å². The molecule has 0 saturated heterocycles. The van der Waals surface area contributed by atoms with Gasteiger partial charge < -0.3 is 19.9 Å². The third-order valence-electron chi connectivity index (χ3n) is 2.99. The van der Waals surface area contributed by atoms with E-state index in [4.69, 9.17) is 19.9 Å². The van der Waals surface area contributed by atoms with Crippen LogP contribution in [-0.2, 0) is 16.0 Å². The van der Waals surface area contributed by atoms with E-state index >= 15 is 0 Å². The zero-order valence-electron chi connectivity index (χ0n) is 12.7. The summed E-state index contributed by atoms with van der Waals surface area (Å²) in [6, 6.07) is 5.40. The van der Waals surface area contributed by atoms with Crippen LogP contribution in [0.2, 0.25) is 0 Å². The van der Waals surface area contributed by atoms with Gasteiger partial charge in [-0.1, -0.05) is 0 Å². The number of nitrogen functional groups attached to an aromatic ring is 1. The fraction of sp³-hybridized carbons (Fsp3) is 0.333. The van der Waals surface area contributed by atoms with E-state index in [2.05, 4.69) is 4.98 Å². The fourth-order valence-electron chi connectivity index (χ4n) is 2.04. The molecule has 0 spiro atoms. The molecule has 6 nitrogen and oxygen atoms in total. The SMILES string of the molecule is CCOC(=O)Cc1sc(N)nc1-c1ccc(OC)cc1OC. The van der Waals surface area contributed by atoms with Crippen molar-refractivity contribution >= 4 is 22.4 Å². The molecule has 0 aliphatic rings. The third kappa shape index (κ3) is 3.48. The molecule has 0 radical (unpaired) electrons. The molecular weight excluding hydrogens is 304 g/mol. The predicted octanol–water partition coefficient (Wildman–Crippen LogP) is 2.52. The summed E-state index contributed by atoms with van der Waals surface area (Å²) in [5.74, 6) is 0.977. The number of nitrogens with zero attached hydrogens (tertiary/aromatic N) is 1. The van der Waals surface area contributed by atoms with Gasteiger partial charge in [-0.25, -0.2) is 4.98 Å². The highest BCUT2D eigenvalue weighted by atomic mass is 32.1. The normalized spacial score (nSPS) is 10.3. The molecule has 7 heteroatoms. The highest BCUT2D eigenvalue weighted by Crippen LogP contribution is 2.37. The first kappa shape index (κ1) is 16.1. The lowest BCUT2D eigenvalue weighted by Gasteiger charge is -2.10. The summed E-state index contributed by atoms with van der Waals surface area (Å²) in [5.41, 5.74) is 7.20. The summed E-state index contributed by atoms with van der Waals surface area (Å²) >= 11 is 1.27. The maximum absolute atomic E-state index is 11.7. The number of hydrogen-bond acceptors (Lipinski definition) is 7. The van der Waals surface area contributed by atoms with Gasteiger partial charge >= 0.3 is 5.97 Å². The van der Waals surface area contributed by atoms with Gasteiger partial charge in [-0.15, -0.1) is 11.3 Å². The highest BCUT2D eigenvalue weighted by molar-refractivity contribution is 7.15. The maximum atomic E-state index is 11.7. The number of hydrogen-bond donors (Lipinski definition) is 1. The molecule has 0 fully saturated rings. The molecule has 2 N–H and O–H groups in total. The van der Waals surface area contributed by atoms with E-state index in [1.807, 2.05) is 12.1 Å². The second-order valence-corrected chi connectivity index (χ2v) is 5.49. The summed E-state index contributed by atoms with van der Waals surface area (Å²) in [5, 5.41) is 0.396. The van der Waals surface area contributed by atoms with Gasteiger partial charge in [-0.2, -0.15) is 0 Å². The Morgan fingerprint density at radius 1 is 1.32 bits per heavy atom. The number of aromatic nitrogens is 1. The van der Waals surface area contributed by atoms with E-state index in [9.17, 15) is 4.79 Å². The van der Waals surface area contributed by atoms with Crippen molar-refractivity contribution < 1.29 is 19.0 Å². The quantitative estimate of drug-likeness (QED) is 0.823. The van der Waals surface area contributed by atoms with Crippen LogP contribution in [0.1, 0.15) is 11.8 Å². The summed E-state index contributed by atoms with van der Waals surface area (Å²) in [6.07, 6.45) is 0.132. The number of benzene rings is 1. The number of ether oxygens (including phenoxy) is 3. The molecule has 22 heavy (non-hydrogen) atoms. The summed E-state index contributed by atoms with van der Waals surface area (Å²) < 4.78 is 15.6. The summed E-state index contributed by atoms with van der Waals surface area (Å²) in [7, 11) is 3.15. The van der Waals surface area contributed by atoms with E-state index in [1.165, 1.54) is 11.3 Å². The lowest BCUT2D eigenvalue weighted by Crippen LogP contribution is -2.07.